The largest absolute Gasteiger partial charge is 0.497 e. The van der Waals surface area contributed by atoms with E-state index in [-0.39, 0.29) is 11.9 Å². The molecule has 1 heterocycles. The highest BCUT2D eigenvalue weighted by molar-refractivity contribution is 5.78. The molecule has 114 valence electrons. The van der Waals surface area contributed by atoms with E-state index in [1.54, 1.807) is 18.2 Å². The molecule has 1 unspecified atom stereocenters. The maximum atomic E-state index is 12.6. The van der Waals surface area contributed by atoms with Crippen molar-refractivity contribution in [1.29, 1.82) is 0 Å². The first-order valence-electron chi connectivity index (χ1n) is 6.70. The van der Waals surface area contributed by atoms with Crippen LogP contribution in [-0.2, 0) is 6.42 Å². The van der Waals surface area contributed by atoms with Crippen molar-refractivity contribution in [3.05, 3.63) is 24.0 Å². The van der Waals surface area contributed by atoms with Crippen LogP contribution in [0.25, 0.3) is 11.0 Å². The monoisotopic (exact) mass is 300 g/mol. The van der Waals surface area contributed by atoms with Gasteiger partial charge in [0.05, 0.1) is 18.1 Å². The van der Waals surface area contributed by atoms with Gasteiger partial charge in [-0.2, -0.15) is 13.2 Å². The van der Waals surface area contributed by atoms with E-state index in [0.717, 1.165) is 18.4 Å². The van der Waals surface area contributed by atoms with Crippen molar-refractivity contribution in [2.24, 2.45) is 0 Å². The van der Waals surface area contributed by atoms with Gasteiger partial charge in [-0.1, -0.05) is 0 Å². The molecule has 1 aliphatic carbocycles. The summed E-state index contributed by atoms with van der Waals surface area (Å²) in [6.45, 7) is 0. The standard InChI is InChI=1S/C14H15F3N2O2/c1-21-9-4-5-11-10(6-9)18-13(19(11)8-2-3-8)7-12(20)14(15,16)17/h4-6,8,12,20H,2-3,7H2,1H3. The first-order valence-corrected chi connectivity index (χ1v) is 6.70. The average molecular weight is 300 g/mol. The first-order chi connectivity index (χ1) is 9.90. The lowest BCUT2D eigenvalue weighted by molar-refractivity contribution is -0.203. The Kier molecular flexibility index (Phi) is 3.32. The van der Waals surface area contributed by atoms with Crippen molar-refractivity contribution in [1.82, 2.24) is 9.55 Å². The summed E-state index contributed by atoms with van der Waals surface area (Å²) >= 11 is 0. The second-order valence-corrected chi connectivity index (χ2v) is 5.25. The predicted octanol–water partition coefficient (Wildman–Crippen LogP) is 2.85. The van der Waals surface area contributed by atoms with E-state index < -0.39 is 18.7 Å². The number of imidazole rings is 1. The van der Waals surface area contributed by atoms with Crippen LogP contribution in [0.15, 0.2) is 18.2 Å². The maximum absolute atomic E-state index is 12.6. The first kappa shape index (κ1) is 14.2. The molecule has 1 atom stereocenters. The average Bonchev–Trinajstić information content (AvgIpc) is 3.18. The Morgan fingerprint density at radius 1 is 1.43 bits per heavy atom. The zero-order valence-electron chi connectivity index (χ0n) is 11.4. The Hall–Kier alpha value is -1.76. The lowest BCUT2D eigenvalue weighted by Gasteiger charge is -2.15. The SMILES string of the molecule is COc1ccc2c(c1)nc(CC(O)C(F)(F)F)n2C1CC1. The molecule has 0 aliphatic heterocycles. The van der Waals surface area contributed by atoms with Crippen LogP contribution >= 0.6 is 0 Å². The highest BCUT2D eigenvalue weighted by Gasteiger charge is 2.40. The molecule has 4 nitrogen and oxygen atoms in total. The van der Waals surface area contributed by atoms with Gasteiger partial charge in [0.1, 0.15) is 11.6 Å². The van der Waals surface area contributed by atoms with E-state index >= 15 is 0 Å². The quantitative estimate of drug-likeness (QED) is 0.944. The second-order valence-electron chi connectivity index (χ2n) is 5.25. The van der Waals surface area contributed by atoms with Crippen LogP contribution < -0.4 is 4.74 Å². The molecule has 1 aromatic heterocycles. The van der Waals surface area contributed by atoms with Crippen molar-refractivity contribution >= 4 is 11.0 Å². The molecule has 1 aromatic carbocycles. The van der Waals surface area contributed by atoms with E-state index in [1.165, 1.54) is 7.11 Å². The van der Waals surface area contributed by atoms with E-state index in [1.807, 2.05) is 4.57 Å². The maximum Gasteiger partial charge on any atom is 0.414 e. The molecular weight excluding hydrogens is 285 g/mol. The fraction of sp³-hybridized carbons (Fsp3) is 0.500. The summed E-state index contributed by atoms with van der Waals surface area (Å²) in [5.41, 5.74) is 1.37. The molecule has 7 heteroatoms. The van der Waals surface area contributed by atoms with E-state index in [0.29, 0.717) is 11.3 Å². The molecule has 0 bridgehead atoms. The number of aliphatic hydroxyl groups excluding tert-OH is 1. The van der Waals surface area contributed by atoms with Gasteiger partial charge in [0.15, 0.2) is 6.10 Å². The molecule has 1 fully saturated rings. The van der Waals surface area contributed by atoms with Crippen molar-refractivity contribution in [3.8, 4) is 5.75 Å². The summed E-state index contributed by atoms with van der Waals surface area (Å²) in [7, 11) is 1.52. The molecule has 2 aromatic rings. The molecule has 1 saturated carbocycles. The zero-order chi connectivity index (χ0) is 15.2. The Morgan fingerprint density at radius 3 is 2.71 bits per heavy atom. The van der Waals surface area contributed by atoms with E-state index in [9.17, 15) is 18.3 Å². The Bertz CT molecular complexity index is 662. The van der Waals surface area contributed by atoms with Crippen LogP contribution in [0.1, 0.15) is 24.7 Å². The van der Waals surface area contributed by atoms with Crippen molar-refractivity contribution < 1.29 is 23.0 Å². The van der Waals surface area contributed by atoms with Gasteiger partial charge in [-0.05, 0) is 25.0 Å². The fourth-order valence-corrected chi connectivity index (χ4v) is 2.43. The normalized spacial score (nSPS) is 17.2. The summed E-state index contributed by atoms with van der Waals surface area (Å²) < 4.78 is 44.6. The van der Waals surface area contributed by atoms with Gasteiger partial charge in [0, 0.05) is 18.5 Å². The smallest absolute Gasteiger partial charge is 0.414 e. The van der Waals surface area contributed by atoms with Crippen LogP contribution in [0.4, 0.5) is 13.2 Å². The summed E-state index contributed by atoms with van der Waals surface area (Å²) in [6, 6.07) is 5.42. The van der Waals surface area contributed by atoms with Gasteiger partial charge >= 0.3 is 6.18 Å². The highest BCUT2D eigenvalue weighted by atomic mass is 19.4. The molecule has 0 spiro atoms. The van der Waals surface area contributed by atoms with Crippen LogP contribution in [0, 0.1) is 0 Å². The third-order valence-electron chi connectivity index (χ3n) is 3.64. The lowest BCUT2D eigenvalue weighted by Crippen LogP contribution is -2.31. The molecular formula is C14H15F3N2O2. The zero-order valence-corrected chi connectivity index (χ0v) is 11.4. The number of alkyl halides is 3. The number of aliphatic hydroxyl groups is 1. The minimum atomic E-state index is -4.63. The number of benzene rings is 1. The number of ether oxygens (including phenoxy) is 1. The van der Waals surface area contributed by atoms with Crippen molar-refractivity contribution in [2.45, 2.75) is 37.6 Å². The molecule has 1 N–H and O–H groups in total. The Labute approximate surface area is 119 Å². The van der Waals surface area contributed by atoms with Gasteiger partial charge in [0.2, 0.25) is 0 Å². The van der Waals surface area contributed by atoms with Crippen molar-refractivity contribution in [2.75, 3.05) is 7.11 Å². The minimum Gasteiger partial charge on any atom is -0.497 e. The van der Waals surface area contributed by atoms with Crippen LogP contribution in [-0.4, -0.2) is 34.0 Å². The molecule has 0 amide bonds. The van der Waals surface area contributed by atoms with Crippen LogP contribution in [0.2, 0.25) is 0 Å². The van der Waals surface area contributed by atoms with E-state index in [4.69, 9.17) is 4.74 Å². The number of halogens is 3. The predicted molar refractivity (Wildman–Crippen MR) is 70.3 cm³/mol. The van der Waals surface area contributed by atoms with Gasteiger partial charge in [-0.3, -0.25) is 0 Å². The van der Waals surface area contributed by atoms with Gasteiger partial charge < -0.3 is 14.4 Å². The third kappa shape index (κ3) is 2.70. The molecule has 21 heavy (non-hydrogen) atoms. The number of rotatable bonds is 4. The minimum absolute atomic E-state index is 0.179. The second kappa shape index (κ2) is 4.91. The van der Waals surface area contributed by atoms with Crippen LogP contribution in [0.3, 0.4) is 0 Å². The number of methoxy groups -OCH3 is 1. The third-order valence-corrected chi connectivity index (χ3v) is 3.64. The van der Waals surface area contributed by atoms with Gasteiger partial charge in [-0.15, -0.1) is 0 Å². The van der Waals surface area contributed by atoms with E-state index in [2.05, 4.69) is 4.98 Å². The summed E-state index contributed by atoms with van der Waals surface area (Å²) in [6.07, 6.45) is -5.71. The number of hydrogen-bond donors (Lipinski definition) is 1. The number of nitrogens with zero attached hydrogens (tertiary/aromatic N) is 2. The number of hydrogen-bond acceptors (Lipinski definition) is 3. The Morgan fingerprint density at radius 2 is 2.14 bits per heavy atom. The molecule has 0 radical (unpaired) electrons. The fourth-order valence-electron chi connectivity index (χ4n) is 2.43. The summed E-state index contributed by atoms with van der Waals surface area (Å²) in [5.74, 6) is 0.872. The molecule has 0 saturated heterocycles. The van der Waals surface area contributed by atoms with Gasteiger partial charge in [-0.25, -0.2) is 4.98 Å². The van der Waals surface area contributed by atoms with Crippen molar-refractivity contribution in [3.63, 3.8) is 0 Å². The summed E-state index contributed by atoms with van der Waals surface area (Å²) in [4.78, 5) is 4.26. The lowest BCUT2D eigenvalue weighted by atomic mass is 10.2. The topological polar surface area (TPSA) is 47.3 Å². The van der Waals surface area contributed by atoms with Crippen LogP contribution in [0.5, 0.6) is 5.75 Å². The molecule has 3 rings (SSSR count). The summed E-state index contributed by atoms with van der Waals surface area (Å²) in [5, 5.41) is 9.29. The Balaban J connectivity index is 2.02. The number of aromatic nitrogens is 2. The number of fused-ring (bicyclic) bond motifs is 1. The van der Waals surface area contributed by atoms with Gasteiger partial charge in [0.25, 0.3) is 0 Å². The molecule has 1 aliphatic rings. The highest BCUT2D eigenvalue weighted by Crippen LogP contribution is 2.40.